The highest BCUT2D eigenvalue weighted by atomic mass is 35.5. The highest BCUT2D eigenvalue weighted by molar-refractivity contribution is 6.30. The minimum absolute atomic E-state index is 0.0930. The molecule has 1 fully saturated rings. The minimum Gasteiger partial charge on any atom is -0.495 e. The van der Waals surface area contributed by atoms with Gasteiger partial charge in [0.25, 0.3) is 0 Å². The van der Waals surface area contributed by atoms with Crippen LogP contribution >= 0.6 is 11.6 Å². The van der Waals surface area contributed by atoms with E-state index in [9.17, 15) is 14.4 Å². The van der Waals surface area contributed by atoms with Crippen LogP contribution in [0.1, 0.15) is 61.0 Å². The summed E-state index contributed by atoms with van der Waals surface area (Å²) < 4.78 is 21.3. The minimum atomic E-state index is -1.27. The van der Waals surface area contributed by atoms with Gasteiger partial charge in [-0.3, -0.25) is 19.4 Å². The van der Waals surface area contributed by atoms with Gasteiger partial charge in [-0.05, 0) is 60.1 Å². The molecule has 3 amide bonds. The van der Waals surface area contributed by atoms with Crippen molar-refractivity contribution in [3.05, 3.63) is 82.4 Å². The van der Waals surface area contributed by atoms with Crippen LogP contribution < -0.4 is 21.1 Å². The number of pyridine rings is 1. The maximum atomic E-state index is 15.9. The number of primary amides is 1. The topological polar surface area (TPSA) is 123 Å². The van der Waals surface area contributed by atoms with Gasteiger partial charge in [0.15, 0.2) is 0 Å². The Balaban J connectivity index is 1.69. The fourth-order valence-corrected chi connectivity index (χ4v) is 6.91. The van der Waals surface area contributed by atoms with Gasteiger partial charge in [0.05, 0.1) is 23.2 Å². The quantitative estimate of drug-likeness (QED) is 0.348. The SMILES string of the molecule is COc1cc(C(N)=O)ccc1NC(=O)[C@@H]1C[C@@H](CC(C)(C)C)[C@@]2(C(=O)Nc3ccncc32)[C@H]1c1cccc(Cl)c1F. The summed E-state index contributed by atoms with van der Waals surface area (Å²) in [5, 5.41) is 5.81. The van der Waals surface area contributed by atoms with Crippen molar-refractivity contribution in [2.45, 2.75) is 44.9 Å². The molecule has 0 radical (unpaired) electrons. The van der Waals surface area contributed by atoms with Crippen LogP contribution in [-0.2, 0) is 15.0 Å². The molecule has 41 heavy (non-hydrogen) atoms. The van der Waals surface area contributed by atoms with Gasteiger partial charge in [0.1, 0.15) is 11.6 Å². The van der Waals surface area contributed by atoms with E-state index in [0.717, 1.165) is 0 Å². The van der Waals surface area contributed by atoms with Crippen molar-refractivity contribution in [3.8, 4) is 5.75 Å². The van der Waals surface area contributed by atoms with Crippen LogP contribution in [0.15, 0.2) is 54.9 Å². The first-order valence-electron chi connectivity index (χ1n) is 13.4. The van der Waals surface area contributed by atoms with Crippen LogP contribution in [0, 0.1) is 23.1 Å². The van der Waals surface area contributed by atoms with E-state index < -0.39 is 34.9 Å². The summed E-state index contributed by atoms with van der Waals surface area (Å²) in [5.74, 6) is -3.82. The van der Waals surface area contributed by atoms with Crippen LogP contribution in [0.3, 0.4) is 0 Å². The Bertz CT molecular complexity index is 1560. The number of nitrogens with two attached hydrogens (primary N) is 1. The number of carbonyl (C=O) groups excluding carboxylic acids is 3. The molecule has 214 valence electrons. The summed E-state index contributed by atoms with van der Waals surface area (Å²) in [6.07, 6.45) is 4.13. The first-order valence-corrected chi connectivity index (χ1v) is 13.7. The van der Waals surface area contributed by atoms with Crippen molar-refractivity contribution >= 4 is 40.7 Å². The van der Waals surface area contributed by atoms with E-state index in [4.69, 9.17) is 22.1 Å². The molecule has 1 spiro atoms. The summed E-state index contributed by atoms with van der Waals surface area (Å²) in [6, 6.07) is 10.8. The molecule has 0 saturated heterocycles. The average Bonchev–Trinajstić information content (AvgIpc) is 3.40. The summed E-state index contributed by atoms with van der Waals surface area (Å²) in [7, 11) is 1.41. The van der Waals surface area contributed by atoms with Gasteiger partial charge >= 0.3 is 0 Å². The summed E-state index contributed by atoms with van der Waals surface area (Å²) in [5.41, 5.74) is 5.90. The number of benzene rings is 2. The number of rotatable bonds is 6. The van der Waals surface area contributed by atoms with Crippen molar-refractivity contribution in [1.82, 2.24) is 4.98 Å². The van der Waals surface area contributed by atoms with E-state index in [2.05, 4.69) is 36.4 Å². The van der Waals surface area contributed by atoms with Gasteiger partial charge in [-0.15, -0.1) is 0 Å². The number of halogens is 2. The summed E-state index contributed by atoms with van der Waals surface area (Å²) in [6.45, 7) is 6.22. The van der Waals surface area contributed by atoms with Crippen LogP contribution in [0.4, 0.5) is 15.8 Å². The molecule has 2 aromatic carbocycles. The fourth-order valence-electron chi connectivity index (χ4n) is 6.73. The van der Waals surface area contributed by atoms with Crippen molar-refractivity contribution in [1.29, 1.82) is 0 Å². The van der Waals surface area contributed by atoms with Crippen molar-refractivity contribution in [2.75, 3.05) is 17.7 Å². The van der Waals surface area contributed by atoms with Gasteiger partial charge in [-0.1, -0.05) is 44.5 Å². The third-order valence-corrected chi connectivity index (χ3v) is 8.51. The van der Waals surface area contributed by atoms with Crippen molar-refractivity contribution in [2.24, 2.45) is 23.0 Å². The molecular weight excluding hydrogens is 547 g/mol. The second-order valence-electron chi connectivity index (χ2n) is 11.9. The standard InChI is InChI=1S/C31H32ClFN4O4/c1-30(2,3)14-17-13-19(28(39)36-23-9-8-16(27(34)38)12-24(23)41-4)25(18-6-5-7-21(32)26(18)33)31(17)20-15-35-11-10-22(20)37-29(31)40/h5-12,15,17,19,25H,13-14H2,1-4H3,(H2,34,38)(H,36,39)(H,37,40)/t17-,19+,25-,31-/m0/s1. The second-order valence-corrected chi connectivity index (χ2v) is 12.3. The lowest BCUT2D eigenvalue weighted by atomic mass is 9.62. The molecule has 3 aromatic rings. The summed E-state index contributed by atoms with van der Waals surface area (Å²) in [4.78, 5) is 44.4. The van der Waals surface area contributed by atoms with E-state index in [0.29, 0.717) is 29.8 Å². The lowest BCUT2D eigenvalue weighted by molar-refractivity contribution is -0.123. The number of nitrogens with zero attached hydrogens (tertiary/aromatic N) is 1. The van der Waals surface area contributed by atoms with E-state index in [1.807, 2.05) is 0 Å². The molecule has 0 bridgehead atoms. The zero-order valence-corrected chi connectivity index (χ0v) is 24.0. The maximum absolute atomic E-state index is 15.9. The van der Waals surface area contributed by atoms with E-state index in [-0.39, 0.29) is 39.1 Å². The molecule has 1 saturated carbocycles. The van der Waals surface area contributed by atoms with Crippen LogP contribution in [0.2, 0.25) is 5.02 Å². The van der Waals surface area contributed by atoms with Gasteiger partial charge < -0.3 is 21.1 Å². The third kappa shape index (κ3) is 4.82. The Morgan fingerprint density at radius 2 is 2.00 bits per heavy atom. The van der Waals surface area contributed by atoms with E-state index >= 15 is 4.39 Å². The number of nitrogens with one attached hydrogen (secondary N) is 2. The largest absolute Gasteiger partial charge is 0.495 e. The molecule has 8 nitrogen and oxygen atoms in total. The van der Waals surface area contributed by atoms with Crippen molar-refractivity contribution in [3.63, 3.8) is 0 Å². The van der Waals surface area contributed by atoms with E-state index in [1.54, 1.807) is 30.6 Å². The van der Waals surface area contributed by atoms with Crippen LogP contribution in [0.5, 0.6) is 5.75 Å². The van der Waals surface area contributed by atoms with Gasteiger partial charge in [-0.25, -0.2) is 4.39 Å². The fraction of sp³-hybridized carbons (Fsp3) is 0.355. The molecule has 1 aliphatic heterocycles. The smallest absolute Gasteiger partial charge is 0.248 e. The number of amides is 3. The third-order valence-electron chi connectivity index (χ3n) is 8.22. The number of aromatic nitrogens is 1. The zero-order chi connectivity index (χ0) is 29.7. The molecule has 1 aromatic heterocycles. The Morgan fingerprint density at radius 3 is 2.68 bits per heavy atom. The highest BCUT2D eigenvalue weighted by Crippen LogP contribution is 2.64. The lowest BCUT2D eigenvalue weighted by Gasteiger charge is -2.38. The monoisotopic (exact) mass is 578 g/mol. The first kappa shape index (κ1) is 28.5. The molecular formula is C31H32ClFN4O4. The van der Waals surface area contributed by atoms with Crippen molar-refractivity contribution < 1.29 is 23.5 Å². The first-order chi connectivity index (χ1) is 19.4. The molecule has 2 aliphatic rings. The molecule has 10 heteroatoms. The lowest BCUT2D eigenvalue weighted by Crippen LogP contribution is -2.45. The number of fused-ring (bicyclic) bond motifs is 2. The molecule has 5 rings (SSSR count). The van der Waals surface area contributed by atoms with E-state index in [1.165, 1.54) is 31.4 Å². The number of methoxy groups -OCH3 is 1. The predicted molar refractivity (Wildman–Crippen MR) is 155 cm³/mol. The predicted octanol–water partition coefficient (Wildman–Crippen LogP) is 5.67. The summed E-state index contributed by atoms with van der Waals surface area (Å²) >= 11 is 6.26. The molecule has 4 atom stereocenters. The number of hydrogen-bond donors (Lipinski definition) is 3. The maximum Gasteiger partial charge on any atom is 0.248 e. The molecule has 1 aliphatic carbocycles. The van der Waals surface area contributed by atoms with Crippen LogP contribution in [-0.4, -0.2) is 29.8 Å². The molecule has 4 N–H and O–H groups in total. The molecule has 0 unspecified atom stereocenters. The Morgan fingerprint density at radius 1 is 1.24 bits per heavy atom. The van der Waals surface area contributed by atoms with Gasteiger partial charge in [0, 0.05) is 41.0 Å². The van der Waals surface area contributed by atoms with Gasteiger partial charge in [-0.2, -0.15) is 0 Å². The second kappa shape index (κ2) is 10.4. The Hall–Kier alpha value is -3.98. The Labute approximate surface area is 242 Å². The highest BCUT2D eigenvalue weighted by Gasteiger charge is 2.66. The van der Waals surface area contributed by atoms with Crippen LogP contribution in [0.25, 0.3) is 0 Å². The average molecular weight is 579 g/mol. The Kier molecular flexibility index (Phi) is 7.27. The van der Waals surface area contributed by atoms with Gasteiger partial charge in [0.2, 0.25) is 17.7 Å². The normalized spacial score (nSPS) is 23.3. The zero-order valence-electron chi connectivity index (χ0n) is 23.3. The number of hydrogen-bond acceptors (Lipinski definition) is 5. The number of anilines is 2. The molecule has 2 heterocycles. The number of carbonyl (C=O) groups is 3. The number of ether oxygens (including phenoxy) is 1.